The van der Waals surface area contributed by atoms with Gasteiger partial charge in [0.15, 0.2) is 0 Å². The van der Waals surface area contributed by atoms with Crippen molar-refractivity contribution in [1.82, 2.24) is 5.32 Å². The van der Waals surface area contributed by atoms with Gasteiger partial charge in [0.05, 0.1) is 6.61 Å². The zero-order chi connectivity index (χ0) is 10.4. The van der Waals surface area contributed by atoms with Gasteiger partial charge in [-0.2, -0.15) is 0 Å². The van der Waals surface area contributed by atoms with Crippen LogP contribution < -0.4 is 5.32 Å². The van der Waals surface area contributed by atoms with Crippen molar-refractivity contribution in [3.05, 3.63) is 35.4 Å². The molecule has 0 heterocycles. The van der Waals surface area contributed by atoms with Gasteiger partial charge in [-0.3, -0.25) is 0 Å². The van der Waals surface area contributed by atoms with Crippen LogP contribution >= 0.6 is 0 Å². The fourth-order valence-corrected chi connectivity index (χ4v) is 1.56. The van der Waals surface area contributed by atoms with E-state index in [9.17, 15) is 0 Å². The lowest BCUT2D eigenvalue weighted by molar-refractivity contribution is 0.292. The normalized spacial score (nSPS) is 10.9. The van der Waals surface area contributed by atoms with Gasteiger partial charge >= 0.3 is 0 Å². The maximum atomic E-state index is 8.66. The van der Waals surface area contributed by atoms with Crippen LogP contribution in [0.1, 0.15) is 30.9 Å². The second kappa shape index (κ2) is 5.78. The standard InChI is InChI=1S/C12H19NO/c1-10(2)12-6-4-3-5-11(12)9-13-7-8-14/h3-6,10,13-14H,7-9H2,1-2H3. The second-order valence-corrected chi connectivity index (χ2v) is 3.75. The van der Waals surface area contributed by atoms with Crippen molar-refractivity contribution in [3.63, 3.8) is 0 Å². The lowest BCUT2D eigenvalue weighted by Crippen LogP contribution is -2.18. The molecule has 0 aliphatic carbocycles. The summed E-state index contributed by atoms with van der Waals surface area (Å²) >= 11 is 0. The molecule has 1 rings (SSSR count). The molecule has 14 heavy (non-hydrogen) atoms. The molecule has 2 nitrogen and oxygen atoms in total. The Bertz CT molecular complexity index is 271. The number of benzene rings is 1. The van der Waals surface area contributed by atoms with E-state index in [1.54, 1.807) is 0 Å². The second-order valence-electron chi connectivity index (χ2n) is 3.75. The minimum atomic E-state index is 0.198. The van der Waals surface area contributed by atoms with Crippen LogP contribution in [0.25, 0.3) is 0 Å². The van der Waals surface area contributed by atoms with Crippen LogP contribution in [0.4, 0.5) is 0 Å². The van der Waals surface area contributed by atoms with Crippen LogP contribution in [0.5, 0.6) is 0 Å². The predicted molar refractivity (Wildman–Crippen MR) is 59.3 cm³/mol. The molecule has 0 fully saturated rings. The minimum absolute atomic E-state index is 0.198. The molecule has 0 saturated carbocycles. The number of aliphatic hydroxyl groups is 1. The topological polar surface area (TPSA) is 32.3 Å². The summed E-state index contributed by atoms with van der Waals surface area (Å²) in [5.74, 6) is 0.558. The highest BCUT2D eigenvalue weighted by Crippen LogP contribution is 2.18. The van der Waals surface area contributed by atoms with E-state index in [-0.39, 0.29) is 6.61 Å². The third-order valence-electron chi connectivity index (χ3n) is 2.28. The van der Waals surface area contributed by atoms with Gasteiger partial charge in [-0.1, -0.05) is 38.1 Å². The summed E-state index contributed by atoms with van der Waals surface area (Å²) in [7, 11) is 0. The van der Waals surface area contributed by atoms with E-state index < -0.39 is 0 Å². The molecule has 1 aromatic carbocycles. The SMILES string of the molecule is CC(C)c1ccccc1CNCCO. The van der Waals surface area contributed by atoms with Gasteiger partial charge in [-0.15, -0.1) is 0 Å². The van der Waals surface area contributed by atoms with E-state index >= 15 is 0 Å². The summed E-state index contributed by atoms with van der Waals surface area (Å²) in [6.07, 6.45) is 0. The molecule has 0 saturated heterocycles. The zero-order valence-electron chi connectivity index (χ0n) is 8.96. The molecule has 78 valence electrons. The molecule has 0 unspecified atom stereocenters. The highest BCUT2D eigenvalue weighted by atomic mass is 16.3. The van der Waals surface area contributed by atoms with Crippen molar-refractivity contribution >= 4 is 0 Å². The van der Waals surface area contributed by atoms with Crippen LogP contribution in [0, 0.1) is 0 Å². The third kappa shape index (κ3) is 3.13. The van der Waals surface area contributed by atoms with Crippen LogP contribution in [-0.4, -0.2) is 18.3 Å². The van der Waals surface area contributed by atoms with E-state index in [1.807, 2.05) is 0 Å². The Morgan fingerprint density at radius 2 is 2.00 bits per heavy atom. The molecule has 1 aromatic rings. The third-order valence-corrected chi connectivity index (χ3v) is 2.28. The van der Waals surface area contributed by atoms with Crippen LogP contribution in [-0.2, 0) is 6.54 Å². The molecular formula is C12H19NO. The van der Waals surface area contributed by atoms with Gasteiger partial charge in [0.2, 0.25) is 0 Å². The van der Waals surface area contributed by atoms with Crippen LogP contribution in [0.15, 0.2) is 24.3 Å². The first-order valence-corrected chi connectivity index (χ1v) is 5.15. The van der Waals surface area contributed by atoms with E-state index in [0.717, 1.165) is 6.54 Å². The fourth-order valence-electron chi connectivity index (χ4n) is 1.56. The summed E-state index contributed by atoms with van der Waals surface area (Å²) < 4.78 is 0. The van der Waals surface area contributed by atoms with Crippen molar-refractivity contribution in [3.8, 4) is 0 Å². The number of hydrogen-bond acceptors (Lipinski definition) is 2. The molecule has 0 aromatic heterocycles. The molecule has 2 N–H and O–H groups in total. The van der Waals surface area contributed by atoms with Crippen LogP contribution in [0.2, 0.25) is 0 Å². The van der Waals surface area contributed by atoms with E-state index in [2.05, 4.69) is 43.4 Å². The minimum Gasteiger partial charge on any atom is -0.395 e. The highest BCUT2D eigenvalue weighted by molar-refractivity contribution is 5.29. The zero-order valence-corrected chi connectivity index (χ0v) is 8.96. The number of rotatable bonds is 5. The summed E-state index contributed by atoms with van der Waals surface area (Å²) in [4.78, 5) is 0. The first-order chi connectivity index (χ1) is 6.75. The van der Waals surface area contributed by atoms with Crippen LogP contribution in [0.3, 0.4) is 0 Å². The van der Waals surface area contributed by atoms with Crippen molar-refractivity contribution in [1.29, 1.82) is 0 Å². The van der Waals surface area contributed by atoms with Crippen molar-refractivity contribution in [2.75, 3.05) is 13.2 Å². The summed E-state index contributed by atoms with van der Waals surface area (Å²) in [5.41, 5.74) is 2.72. The van der Waals surface area contributed by atoms with E-state index in [0.29, 0.717) is 12.5 Å². The maximum Gasteiger partial charge on any atom is 0.0556 e. The number of hydrogen-bond donors (Lipinski definition) is 2. The fraction of sp³-hybridized carbons (Fsp3) is 0.500. The smallest absolute Gasteiger partial charge is 0.0556 e. The molecule has 2 heteroatoms. The van der Waals surface area contributed by atoms with Gasteiger partial charge in [0.25, 0.3) is 0 Å². The number of aliphatic hydroxyl groups excluding tert-OH is 1. The lowest BCUT2D eigenvalue weighted by atomic mass is 9.97. The van der Waals surface area contributed by atoms with E-state index in [1.165, 1.54) is 11.1 Å². The summed E-state index contributed by atoms with van der Waals surface area (Å²) in [6, 6.07) is 8.44. The molecule has 0 aliphatic rings. The van der Waals surface area contributed by atoms with Gasteiger partial charge in [0.1, 0.15) is 0 Å². The molecule has 0 aliphatic heterocycles. The Balaban J connectivity index is 2.64. The van der Waals surface area contributed by atoms with Crippen molar-refractivity contribution in [2.45, 2.75) is 26.3 Å². The molecule has 0 radical (unpaired) electrons. The first kappa shape index (κ1) is 11.2. The first-order valence-electron chi connectivity index (χ1n) is 5.15. The number of nitrogens with one attached hydrogen (secondary N) is 1. The maximum absolute atomic E-state index is 8.66. The Morgan fingerprint density at radius 1 is 1.29 bits per heavy atom. The Morgan fingerprint density at radius 3 is 2.64 bits per heavy atom. The van der Waals surface area contributed by atoms with E-state index in [4.69, 9.17) is 5.11 Å². The lowest BCUT2D eigenvalue weighted by Gasteiger charge is -2.12. The Hall–Kier alpha value is -0.860. The van der Waals surface area contributed by atoms with Crippen molar-refractivity contribution in [2.24, 2.45) is 0 Å². The molecule has 0 spiro atoms. The summed E-state index contributed by atoms with van der Waals surface area (Å²) in [5, 5.41) is 11.9. The Labute approximate surface area is 86.0 Å². The molecular weight excluding hydrogens is 174 g/mol. The Kier molecular flexibility index (Phi) is 4.63. The highest BCUT2D eigenvalue weighted by Gasteiger charge is 2.04. The average Bonchev–Trinajstić information content (AvgIpc) is 2.19. The predicted octanol–water partition coefficient (Wildman–Crippen LogP) is 1.89. The van der Waals surface area contributed by atoms with Gasteiger partial charge in [-0.05, 0) is 17.0 Å². The van der Waals surface area contributed by atoms with Gasteiger partial charge in [0, 0.05) is 13.1 Å². The van der Waals surface area contributed by atoms with Gasteiger partial charge < -0.3 is 10.4 Å². The largest absolute Gasteiger partial charge is 0.395 e. The molecule has 0 atom stereocenters. The summed E-state index contributed by atoms with van der Waals surface area (Å²) in [6.45, 7) is 6.10. The quantitative estimate of drug-likeness (QED) is 0.700. The van der Waals surface area contributed by atoms with Crippen molar-refractivity contribution < 1.29 is 5.11 Å². The molecule has 0 bridgehead atoms. The molecule has 0 amide bonds. The monoisotopic (exact) mass is 193 g/mol. The van der Waals surface area contributed by atoms with Gasteiger partial charge in [-0.25, -0.2) is 0 Å². The average molecular weight is 193 g/mol.